The summed E-state index contributed by atoms with van der Waals surface area (Å²) < 4.78 is 25.0. The van der Waals surface area contributed by atoms with Gasteiger partial charge in [-0.1, -0.05) is 15.9 Å². The van der Waals surface area contributed by atoms with E-state index in [0.717, 1.165) is 24.6 Å². The Morgan fingerprint density at radius 3 is 2.69 bits per heavy atom. The molecular formula is C20H14BrFO4. The first kappa shape index (κ1) is 17.0. The lowest BCUT2D eigenvalue weighted by molar-refractivity contribution is 0.0468. The van der Waals surface area contributed by atoms with Gasteiger partial charge in [0, 0.05) is 21.5 Å². The molecular weight excluding hydrogens is 403 g/mol. The maximum atomic E-state index is 13.9. The Kier molecular flexibility index (Phi) is 4.36. The maximum absolute atomic E-state index is 13.9. The lowest BCUT2D eigenvalue weighted by Crippen LogP contribution is -2.09. The maximum Gasteiger partial charge on any atom is 0.341 e. The third-order valence-electron chi connectivity index (χ3n) is 4.55. The molecule has 4 nitrogen and oxygen atoms in total. The van der Waals surface area contributed by atoms with Crippen molar-refractivity contribution >= 4 is 32.9 Å². The van der Waals surface area contributed by atoms with E-state index in [1.165, 1.54) is 29.3 Å². The zero-order valence-electron chi connectivity index (χ0n) is 13.7. The molecule has 1 heterocycles. The number of aryl methyl sites for hydroxylation is 2. The van der Waals surface area contributed by atoms with Crippen LogP contribution in [0.2, 0.25) is 0 Å². The summed E-state index contributed by atoms with van der Waals surface area (Å²) >= 11 is 3.14. The number of esters is 1. The van der Waals surface area contributed by atoms with Crippen LogP contribution in [0.4, 0.5) is 4.39 Å². The summed E-state index contributed by atoms with van der Waals surface area (Å²) in [5.74, 6) is -1.45. The summed E-state index contributed by atoms with van der Waals surface area (Å²) in [6, 6.07) is 9.31. The quantitative estimate of drug-likeness (QED) is 0.464. The third kappa shape index (κ3) is 3.17. The zero-order valence-corrected chi connectivity index (χ0v) is 15.3. The Hall–Kier alpha value is -2.47. The van der Waals surface area contributed by atoms with Crippen molar-refractivity contribution in [1.82, 2.24) is 0 Å². The van der Waals surface area contributed by atoms with E-state index >= 15 is 0 Å². The van der Waals surface area contributed by atoms with Gasteiger partial charge in [0.05, 0.1) is 5.56 Å². The monoisotopic (exact) mass is 416 g/mol. The van der Waals surface area contributed by atoms with Crippen molar-refractivity contribution in [3.8, 4) is 0 Å². The van der Waals surface area contributed by atoms with Crippen LogP contribution in [-0.4, -0.2) is 5.97 Å². The van der Waals surface area contributed by atoms with Crippen LogP contribution in [0.25, 0.3) is 11.0 Å². The number of rotatable bonds is 3. The second-order valence-corrected chi connectivity index (χ2v) is 7.18. The first-order chi connectivity index (χ1) is 12.5. The highest BCUT2D eigenvalue weighted by molar-refractivity contribution is 9.10. The molecule has 0 spiro atoms. The molecule has 0 bridgehead atoms. The number of benzene rings is 2. The van der Waals surface area contributed by atoms with Crippen molar-refractivity contribution < 1.29 is 18.3 Å². The molecule has 0 saturated carbocycles. The highest BCUT2D eigenvalue weighted by Crippen LogP contribution is 2.29. The zero-order chi connectivity index (χ0) is 18.3. The van der Waals surface area contributed by atoms with Gasteiger partial charge in [0.2, 0.25) is 0 Å². The molecule has 3 aromatic rings. The molecule has 1 aliphatic rings. The number of ether oxygens (including phenoxy) is 1. The summed E-state index contributed by atoms with van der Waals surface area (Å²) in [5.41, 5.74) is 2.79. The van der Waals surface area contributed by atoms with Crippen molar-refractivity contribution in [2.75, 3.05) is 0 Å². The molecule has 0 N–H and O–H groups in total. The minimum Gasteiger partial charge on any atom is -0.457 e. The molecule has 0 saturated heterocycles. The molecule has 132 valence electrons. The van der Waals surface area contributed by atoms with Crippen molar-refractivity contribution in [3.63, 3.8) is 0 Å². The summed E-state index contributed by atoms with van der Waals surface area (Å²) in [4.78, 5) is 24.0. The van der Waals surface area contributed by atoms with Gasteiger partial charge in [-0.15, -0.1) is 0 Å². The standard InChI is InChI=1S/C20H14BrFO4/c21-14-4-5-15(17(22)9-14)20(24)25-10-13-8-19(23)26-18-7-12-3-1-2-11(12)6-16(13)18/h4-9H,1-3,10H2. The van der Waals surface area contributed by atoms with Crippen LogP contribution in [0.1, 0.15) is 33.5 Å². The Morgan fingerprint density at radius 2 is 1.92 bits per heavy atom. The van der Waals surface area contributed by atoms with Gasteiger partial charge < -0.3 is 9.15 Å². The Balaban J connectivity index is 1.64. The van der Waals surface area contributed by atoms with Crippen molar-refractivity contribution in [2.24, 2.45) is 0 Å². The number of halogens is 2. The van der Waals surface area contributed by atoms with Gasteiger partial charge in [0.25, 0.3) is 0 Å². The van der Waals surface area contributed by atoms with Crippen molar-refractivity contribution in [1.29, 1.82) is 0 Å². The van der Waals surface area contributed by atoms with Gasteiger partial charge in [-0.25, -0.2) is 14.0 Å². The van der Waals surface area contributed by atoms with E-state index in [9.17, 15) is 14.0 Å². The van der Waals surface area contributed by atoms with Crippen molar-refractivity contribution in [3.05, 3.63) is 79.4 Å². The molecule has 0 amide bonds. The molecule has 0 aliphatic heterocycles. The predicted octanol–water partition coefficient (Wildman–Crippen LogP) is 4.54. The summed E-state index contributed by atoms with van der Waals surface area (Å²) in [6.07, 6.45) is 3.02. The number of hydrogen-bond donors (Lipinski definition) is 0. The normalized spacial score (nSPS) is 13.0. The number of fused-ring (bicyclic) bond motifs is 2. The van der Waals surface area contributed by atoms with Crippen LogP contribution < -0.4 is 5.63 Å². The Morgan fingerprint density at radius 1 is 1.15 bits per heavy atom. The van der Waals surface area contributed by atoms with Crippen molar-refractivity contribution in [2.45, 2.75) is 25.9 Å². The fourth-order valence-corrected chi connectivity index (χ4v) is 3.62. The van der Waals surface area contributed by atoms with Crippen LogP contribution >= 0.6 is 15.9 Å². The molecule has 0 fully saturated rings. The highest BCUT2D eigenvalue weighted by atomic mass is 79.9. The fraction of sp³-hybridized carbons (Fsp3) is 0.200. The molecule has 6 heteroatoms. The third-order valence-corrected chi connectivity index (χ3v) is 5.05. The molecule has 1 aromatic heterocycles. The van der Waals surface area contributed by atoms with Gasteiger partial charge in [0.15, 0.2) is 0 Å². The first-order valence-corrected chi connectivity index (χ1v) is 9.01. The van der Waals surface area contributed by atoms with E-state index in [-0.39, 0.29) is 12.2 Å². The van der Waals surface area contributed by atoms with Gasteiger partial charge in [0.1, 0.15) is 18.0 Å². The van der Waals surface area contributed by atoms with Crippen LogP contribution in [0.5, 0.6) is 0 Å². The molecule has 26 heavy (non-hydrogen) atoms. The SMILES string of the molecule is O=C(OCc1cc(=O)oc2cc3c(cc12)CCC3)c1ccc(Br)cc1F. The van der Waals surface area contributed by atoms with Crippen LogP contribution in [0, 0.1) is 5.82 Å². The summed E-state index contributed by atoms with van der Waals surface area (Å²) in [5, 5.41) is 0.745. The van der Waals surface area contributed by atoms with Gasteiger partial charge in [-0.05, 0) is 60.7 Å². The van der Waals surface area contributed by atoms with E-state index in [1.54, 1.807) is 6.07 Å². The second-order valence-electron chi connectivity index (χ2n) is 6.26. The fourth-order valence-electron chi connectivity index (χ4n) is 3.29. The Bertz CT molecular complexity index is 1090. The largest absolute Gasteiger partial charge is 0.457 e. The summed E-state index contributed by atoms with van der Waals surface area (Å²) in [7, 11) is 0. The Labute approximate surface area is 156 Å². The highest BCUT2D eigenvalue weighted by Gasteiger charge is 2.17. The summed E-state index contributed by atoms with van der Waals surface area (Å²) in [6.45, 7) is -0.130. The number of carbonyl (C=O) groups is 1. The van der Waals surface area contributed by atoms with Crippen LogP contribution in [-0.2, 0) is 24.2 Å². The van der Waals surface area contributed by atoms with Gasteiger partial charge in [-0.2, -0.15) is 0 Å². The molecule has 1 aliphatic carbocycles. The average Bonchev–Trinajstić information content (AvgIpc) is 3.04. The first-order valence-electron chi connectivity index (χ1n) is 8.22. The minimum absolute atomic E-state index is 0.130. The molecule has 4 rings (SSSR count). The van der Waals surface area contributed by atoms with Gasteiger partial charge in [-0.3, -0.25) is 0 Å². The molecule has 0 unspecified atom stereocenters. The lowest BCUT2D eigenvalue weighted by atomic mass is 10.0. The van der Waals surface area contributed by atoms with E-state index in [1.807, 2.05) is 12.1 Å². The smallest absolute Gasteiger partial charge is 0.341 e. The molecule has 2 aromatic carbocycles. The second kappa shape index (κ2) is 6.68. The number of hydrogen-bond acceptors (Lipinski definition) is 4. The minimum atomic E-state index is -0.780. The van der Waals surface area contributed by atoms with E-state index in [4.69, 9.17) is 9.15 Å². The van der Waals surface area contributed by atoms with E-state index < -0.39 is 17.4 Å². The lowest BCUT2D eigenvalue weighted by Gasteiger charge is -2.09. The van der Waals surface area contributed by atoms with Crippen LogP contribution in [0.3, 0.4) is 0 Å². The van der Waals surface area contributed by atoms with Crippen LogP contribution in [0.15, 0.2) is 50.1 Å². The van der Waals surface area contributed by atoms with E-state index in [0.29, 0.717) is 15.6 Å². The topological polar surface area (TPSA) is 56.5 Å². The van der Waals surface area contributed by atoms with Gasteiger partial charge >= 0.3 is 11.6 Å². The number of carbonyl (C=O) groups excluding carboxylic acids is 1. The molecule has 0 radical (unpaired) electrons. The average molecular weight is 417 g/mol. The molecule has 0 atom stereocenters. The predicted molar refractivity (Wildman–Crippen MR) is 97.7 cm³/mol. The van der Waals surface area contributed by atoms with E-state index in [2.05, 4.69) is 15.9 Å².